The minimum Gasteiger partial charge on any atom is -0.490 e. The summed E-state index contributed by atoms with van der Waals surface area (Å²) in [6, 6.07) is 11.8. The van der Waals surface area contributed by atoms with E-state index in [4.69, 9.17) is 25.8 Å². The zero-order valence-electron chi connectivity index (χ0n) is 30.5. The highest BCUT2D eigenvalue weighted by Gasteiger charge is 2.47. The number of nitrogens with zero attached hydrogens (tertiary/aromatic N) is 2. The maximum Gasteiger partial charge on any atom is 0.262 e. The Labute approximate surface area is 308 Å². The van der Waals surface area contributed by atoms with Crippen molar-refractivity contribution in [1.29, 1.82) is 0 Å². The van der Waals surface area contributed by atoms with Crippen LogP contribution in [0.4, 0.5) is 5.69 Å². The van der Waals surface area contributed by atoms with Crippen molar-refractivity contribution in [3.05, 3.63) is 58.1 Å². The van der Waals surface area contributed by atoms with Crippen molar-refractivity contribution in [3.8, 4) is 5.75 Å². The molecule has 0 aromatic heterocycles. The number of aryl methyl sites for hydroxylation is 1. The highest BCUT2D eigenvalue weighted by atomic mass is 35.5. The summed E-state index contributed by atoms with van der Waals surface area (Å²) >= 11 is 6.49. The number of hydrogen-bond donors (Lipinski definition) is 1. The molecule has 2 amide bonds. The van der Waals surface area contributed by atoms with Crippen LogP contribution in [0.3, 0.4) is 0 Å². The van der Waals surface area contributed by atoms with E-state index in [-0.39, 0.29) is 46.6 Å². The number of carbonyl (C=O) groups is 2. The molecular formula is C40H54ClN3O6S. The van der Waals surface area contributed by atoms with E-state index in [1.807, 2.05) is 25.1 Å². The summed E-state index contributed by atoms with van der Waals surface area (Å²) in [6.07, 6.45) is 7.59. The number of hydrogen-bond acceptors (Lipinski definition) is 7. The maximum absolute atomic E-state index is 14.0. The number of halogens is 1. The maximum atomic E-state index is 14.0. The third-order valence-electron chi connectivity index (χ3n) is 12.9. The molecule has 9 nitrogen and oxygen atoms in total. The van der Waals surface area contributed by atoms with Crippen molar-refractivity contribution in [1.82, 2.24) is 9.62 Å². The Hall–Kier alpha value is -2.79. The molecule has 1 saturated heterocycles. The molecule has 51 heavy (non-hydrogen) atoms. The summed E-state index contributed by atoms with van der Waals surface area (Å²) < 4.78 is 36.4. The molecule has 278 valence electrons. The molecule has 3 aliphatic heterocycles. The normalized spacial score (nSPS) is 35.7. The van der Waals surface area contributed by atoms with Gasteiger partial charge in [0.2, 0.25) is 5.91 Å². The molecule has 1 unspecified atom stereocenters. The molecule has 2 bridgehead atoms. The average molecular weight is 740 g/mol. The van der Waals surface area contributed by atoms with E-state index in [1.165, 1.54) is 11.1 Å². The minimum absolute atomic E-state index is 0.00188. The van der Waals surface area contributed by atoms with Crippen LogP contribution in [0.15, 0.2) is 36.4 Å². The zero-order valence-corrected chi connectivity index (χ0v) is 32.1. The molecule has 2 aromatic carbocycles. The number of amides is 2. The van der Waals surface area contributed by atoms with E-state index in [2.05, 4.69) is 34.5 Å². The van der Waals surface area contributed by atoms with Gasteiger partial charge in [-0.05, 0) is 117 Å². The Bertz CT molecular complexity index is 1750. The Kier molecular flexibility index (Phi) is 10.4. The van der Waals surface area contributed by atoms with Crippen molar-refractivity contribution in [3.63, 3.8) is 0 Å². The summed E-state index contributed by atoms with van der Waals surface area (Å²) in [6.45, 7) is 8.63. The van der Waals surface area contributed by atoms with Gasteiger partial charge in [0, 0.05) is 54.2 Å². The summed E-state index contributed by atoms with van der Waals surface area (Å²) in [5, 5.41) is 0.444. The lowest BCUT2D eigenvalue weighted by Gasteiger charge is -2.49. The first-order valence-corrected chi connectivity index (χ1v) is 21.0. The molecule has 1 saturated carbocycles. The van der Waals surface area contributed by atoms with Crippen LogP contribution in [0, 0.1) is 23.7 Å². The summed E-state index contributed by atoms with van der Waals surface area (Å²) in [5.74, 6) is 5.50. The van der Waals surface area contributed by atoms with Gasteiger partial charge in [-0.25, -0.2) is 4.21 Å². The molecular weight excluding hydrogens is 686 g/mol. The fourth-order valence-electron chi connectivity index (χ4n) is 9.31. The second-order valence-electron chi connectivity index (χ2n) is 16.0. The van der Waals surface area contributed by atoms with Gasteiger partial charge >= 0.3 is 0 Å². The van der Waals surface area contributed by atoms with E-state index in [9.17, 15) is 13.8 Å². The highest BCUT2D eigenvalue weighted by Crippen LogP contribution is 2.49. The minimum atomic E-state index is -2.94. The van der Waals surface area contributed by atoms with Crippen LogP contribution in [-0.2, 0) is 35.8 Å². The monoisotopic (exact) mass is 739 g/mol. The van der Waals surface area contributed by atoms with Crippen molar-refractivity contribution in [2.75, 3.05) is 44.9 Å². The lowest BCUT2D eigenvalue weighted by atomic mass is 9.64. The van der Waals surface area contributed by atoms with Crippen molar-refractivity contribution in [2.45, 2.75) is 95.1 Å². The molecule has 2 fully saturated rings. The second kappa shape index (κ2) is 14.6. The highest BCUT2D eigenvalue weighted by molar-refractivity contribution is 7.99. The summed E-state index contributed by atoms with van der Waals surface area (Å²) in [4.78, 5) is 30.0. The molecule has 1 spiro atoms. The molecule has 11 heteroatoms. The van der Waals surface area contributed by atoms with E-state index >= 15 is 0 Å². The molecule has 7 rings (SSSR count). The van der Waals surface area contributed by atoms with Crippen LogP contribution >= 0.6 is 11.6 Å². The average Bonchev–Trinajstić information content (AvgIpc) is 3.25. The van der Waals surface area contributed by atoms with E-state index < -0.39 is 9.71 Å². The lowest BCUT2D eigenvalue weighted by Crippen LogP contribution is -2.53. The van der Waals surface area contributed by atoms with Crippen molar-refractivity contribution in [2.24, 2.45) is 23.7 Å². The Morgan fingerprint density at radius 3 is 2.57 bits per heavy atom. The first kappa shape index (κ1) is 36.6. The number of likely N-dealkylation sites (N-methyl/N-ethyl adjacent to an activating group) is 1. The number of nitrogens with one attached hydrogen (secondary N) is 1. The molecule has 7 atom stereocenters. The predicted octanol–water partition coefficient (Wildman–Crippen LogP) is 6.25. The molecule has 3 heterocycles. The standard InChI is InChI=1S/C40H54ClN3O6S/c1-25-8-6-10-34(39-48-21-32(22-49-39)43(4)27(3)45)33-14-11-30(33)20-44-23-40(17-7-9-28-18-31(41)13-15-35(28)40)24-50-37-16-12-29(19-36(37)44)38(46)42-51(5,47)26(25)2/h12-13,15-16,18-19,25-26,30,32-34,39H,5-11,14,17,20-24H2,1-4H3,(H,42,46,47)/t25-,26+,30-,32?,33+,34-,39?,40-,51?/m0/s1. The summed E-state index contributed by atoms with van der Waals surface area (Å²) in [5.41, 5.74) is 3.70. The van der Waals surface area contributed by atoms with Gasteiger partial charge in [0.05, 0.1) is 41.3 Å². The van der Waals surface area contributed by atoms with Crippen LogP contribution < -0.4 is 14.4 Å². The third-order valence-corrected chi connectivity index (χ3v) is 15.4. The van der Waals surface area contributed by atoms with Crippen LogP contribution in [0.5, 0.6) is 5.75 Å². The van der Waals surface area contributed by atoms with Gasteiger partial charge in [0.15, 0.2) is 6.29 Å². The first-order chi connectivity index (χ1) is 24.3. The fraction of sp³-hybridized carbons (Fsp3) is 0.625. The van der Waals surface area contributed by atoms with Gasteiger partial charge in [-0.2, -0.15) is 0 Å². The van der Waals surface area contributed by atoms with Crippen LogP contribution in [0.25, 0.3) is 0 Å². The van der Waals surface area contributed by atoms with Gasteiger partial charge in [-0.3, -0.25) is 14.3 Å². The number of benzene rings is 2. The van der Waals surface area contributed by atoms with Crippen LogP contribution in [0.2, 0.25) is 5.02 Å². The Balaban J connectivity index is 1.25. The quantitative estimate of drug-likeness (QED) is 0.364. The molecule has 2 aliphatic carbocycles. The fourth-order valence-corrected chi connectivity index (χ4v) is 11.0. The number of anilines is 1. The van der Waals surface area contributed by atoms with Gasteiger partial charge in [-0.1, -0.05) is 31.0 Å². The first-order valence-electron chi connectivity index (χ1n) is 18.8. The van der Waals surface area contributed by atoms with E-state index in [1.54, 1.807) is 24.9 Å². The Morgan fingerprint density at radius 1 is 1.06 bits per heavy atom. The van der Waals surface area contributed by atoms with Crippen LogP contribution in [0.1, 0.15) is 87.2 Å². The zero-order chi connectivity index (χ0) is 36.1. The van der Waals surface area contributed by atoms with Gasteiger partial charge in [-0.15, -0.1) is 0 Å². The van der Waals surface area contributed by atoms with Crippen LogP contribution in [-0.4, -0.2) is 84.3 Å². The van der Waals surface area contributed by atoms with E-state index in [0.717, 1.165) is 80.9 Å². The summed E-state index contributed by atoms with van der Waals surface area (Å²) in [7, 11) is -1.13. The smallest absolute Gasteiger partial charge is 0.262 e. The number of fused-ring (bicyclic) bond motifs is 4. The largest absolute Gasteiger partial charge is 0.490 e. The third kappa shape index (κ3) is 7.27. The predicted molar refractivity (Wildman–Crippen MR) is 203 cm³/mol. The van der Waals surface area contributed by atoms with Gasteiger partial charge in [0.1, 0.15) is 5.75 Å². The van der Waals surface area contributed by atoms with E-state index in [0.29, 0.717) is 37.2 Å². The number of carbonyl (C=O) groups excluding carboxylic acids is 2. The molecule has 5 aliphatic rings. The van der Waals surface area contributed by atoms with Crippen molar-refractivity contribution < 1.29 is 28.0 Å². The lowest BCUT2D eigenvalue weighted by molar-refractivity contribution is -0.241. The molecule has 1 N–H and O–H groups in total. The van der Waals surface area contributed by atoms with Crippen molar-refractivity contribution >= 4 is 44.7 Å². The topological polar surface area (TPSA) is 97.4 Å². The molecule has 2 aromatic rings. The van der Waals surface area contributed by atoms with Gasteiger partial charge in [0.25, 0.3) is 5.91 Å². The van der Waals surface area contributed by atoms with Gasteiger partial charge < -0.3 is 24.0 Å². The SMILES string of the molecule is C=S1(=O)NC(=O)c2ccc3c(c2)N(C[C@@H]2CC[C@H]2[C@@H](C2OCC(N(C)C(C)=O)CO2)CCC[C@H](C)[C@H]1C)C[C@@]1(CCCc2cc(Cl)ccc21)CO3. The molecule has 0 radical (unpaired) electrons. The second-order valence-corrected chi connectivity index (χ2v) is 18.9. The Morgan fingerprint density at radius 2 is 1.84 bits per heavy atom. The number of rotatable bonds is 2. The number of ether oxygens (including phenoxy) is 3.